The summed E-state index contributed by atoms with van der Waals surface area (Å²) in [6.45, 7) is 10.3. The van der Waals surface area contributed by atoms with Gasteiger partial charge in [-0.25, -0.2) is 18.0 Å². The quantitative estimate of drug-likeness (QED) is 0.687. The summed E-state index contributed by atoms with van der Waals surface area (Å²) in [5.41, 5.74) is -1.46. The maximum Gasteiger partial charge on any atom is 0.408 e. The molecule has 0 aliphatic carbocycles. The van der Waals surface area contributed by atoms with E-state index < -0.39 is 39.1 Å². The molecule has 1 N–H and O–H groups in total. The average Bonchev–Trinajstić information content (AvgIpc) is 2.51. The second-order valence-corrected chi connectivity index (χ2v) is 10.6. The van der Waals surface area contributed by atoms with Crippen LogP contribution in [0.4, 0.5) is 4.79 Å². The predicted octanol–water partition coefficient (Wildman–Crippen LogP) is 3.48. The molecule has 1 aromatic rings. The minimum absolute atomic E-state index is 0.111. The van der Waals surface area contributed by atoms with Crippen molar-refractivity contribution in [1.82, 2.24) is 5.32 Å². The van der Waals surface area contributed by atoms with E-state index in [1.54, 1.807) is 59.7 Å². The van der Waals surface area contributed by atoms with Crippen molar-refractivity contribution in [3.8, 4) is 0 Å². The Balaban J connectivity index is 2.79. The molecule has 8 heteroatoms. The highest BCUT2D eigenvalue weighted by atomic mass is 32.2. The lowest BCUT2D eigenvalue weighted by molar-refractivity contribution is -0.157. The van der Waals surface area contributed by atoms with Crippen molar-refractivity contribution < 1.29 is 27.5 Å². The van der Waals surface area contributed by atoms with E-state index in [9.17, 15) is 18.0 Å². The van der Waals surface area contributed by atoms with E-state index in [4.69, 9.17) is 9.47 Å². The summed E-state index contributed by atoms with van der Waals surface area (Å²) >= 11 is 0. The van der Waals surface area contributed by atoms with E-state index in [2.05, 4.69) is 5.32 Å². The minimum Gasteiger partial charge on any atom is -0.458 e. The van der Waals surface area contributed by atoms with E-state index in [0.29, 0.717) is 0 Å². The second kappa shape index (κ2) is 9.41. The highest BCUT2D eigenvalue weighted by Gasteiger charge is 2.29. The number of rotatable bonds is 7. The Morgan fingerprint density at radius 2 is 1.50 bits per heavy atom. The Bertz CT molecular complexity index is 760. The molecule has 0 unspecified atom stereocenters. The summed E-state index contributed by atoms with van der Waals surface area (Å²) in [5, 5.41) is 2.49. The van der Waals surface area contributed by atoms with Crippen molar-refractivity contribution in [3.05, 3.63) is 30.3 Å². The van der Waals surface area contributed by atoms with Gasteiger partial charge in [0, 0.05) is 0 Å². The zero-order valence-corrected chi connectivity index (χ0v) is 18.3. The van der Waals surface area contributed by atoms with Crippen LogP contribution in [0.1, 0.15) is 54.4 Å². The summed E-state index contributed by atoms with van der Waals surface area (Å²) in [7, 11) is -3.47. The van der Waals surface area contributed by atoms with Gasteiger partial charge in [-0.3, -0.25) is 0 Å². The smallest absolute Gasteiger partial charge is 0.408 e. The monoisotopic (exact) mass is 413 g/mol. The first-order valence-corrected chi connectivity index (χ1v) is 10.8. The fraction of sp³-hybridized carbons (Fsp3) is 0.600. The highest BCUT2D eigenvalue weighted by molar-refractivity contribution is 7.91. The maximum atomic E-state index is 12.4. The molecule has 0 heterocycles. The van der Waals surface area contributed by atoms with Gasteiger partial charge in [0.1, 0.15) is 17.2 Å². The normalized spacial score (nSPS) is 13.5. The molecule has 1 aromatic carbocycles. The molecule has 0 aliphatic heterocycles. The van der Waals surface area contributed by atoms with Crippen molar-refractivity contribution >= 4 is 21.9 Å². The summed E-state index contributed by atoms with van der Waals surface area (Å²) in [6, 6.07) is 7.10. The third-order valence-corrected chi connectivity index (χ3v) is 5.21. The number of alkyl carbamates (subject to hydrolysis) is 1. The van der Waals surface area contributed by atoms with Gasteiger partial charge in [-0.15, -0.1) is 0 Å². The number of carbonyl (C=O) groups is 2. The number of esters is 1. The number of ether oxygens (including phenoxy) is 2. The number of benzene rings is 1. The summed E-state index contributed by atoms with van der Waals surface area (Å²) in [4.78, 5) is 24.7. The van der Waals surface area contributed by atoms with Crippen LogP contribution in [-0.4, -0.2) is 43.5 Å². The molecule has 1 rings (SSSR count). The van der Waals surface area contributed by atoms with E-state index >= 15 is 0 Å². The third kappa shape index (κ3) is 9.21. The van der Waals surface area contributed by atoms with Crippen LogP contribution in [0.2, 0.25) is 0 Å². The summed E-state index contributed by atoms with van der Waals surface area (Å²) in [6.07, 6.45) is -0.466. The fourth-order valence-corrected chi connectivity index (χ4v) is 3.65. The van der Waals surface area contributed by atoms with Crippen LogP contribution >= 0.6 is 0 Å². The van der Waals surface area contributed by atoms with E-state index in [-0.39, 0.29) is 23.5 Å². The molecular formula is C20H31NO6S. The number of hydrogen-bond acceptors (Lipinski definition) is 6. The van der Waals surface area contributed by atoms with Gasteiger partial charge in [0.15, 0.2) is 9.84 Å². The number of amides is 1. The molecule has 0 aromatic heterocycles. The molecule has 0 saturated carbocycles. The van der Waals surface area contributed by atoms with Crippen molar-refractivity contribution in [1.29, 1.82) is 0 Å². The fourth-order valence-electron chi connectivity index (χ4n) is 2.29. The summed E-state index contributed by atoms with van der Waals surface area (Å²) < 4.78 is 35.3. The van der Waals surface area contributed by atoms with Gasteiger partial charge in [0.05, 0.1) is 10.6 Å². The first kappa shape index (κ1) is 23.9. The second-order valence-electron chi connectivity index (χ2n) is 8.51. The molecule has 1 atom stereocenters. The van der Waals surface area contributed by atoms with Crippen LogP contribution in [0.3, 0.4) is 0 Å². The van der Waals surface area contributed by atoms with E-state index in [1.165, 1.54) is 12.1 Å². The Kier molecular flexibility index (Phi) is 8.05. The van der Waals surface area contributed by atoms with Crippen LogP contribution in [0.25, 0.3) is 0 Å². The van der Waals surface area contributed by atoms with Gasteiger partial charge in [-0.2, -0.15) is 0 Å². The third-order valence-electron chi connectivity index (χ3n) is 3.39. The minimum atomic E-state index is -3.47. The van der Waals surface area contributed by atoms with Gasteiger partial charge < -0.3 is 14.8 Å². The van der Waals surface area contributed by atoms with Gasteiger partial charge in [-0.05, 0) is 66.5 Å². The number of hydrogen-bond donors (Lipinski definition) is 1. The largest absolute Gasteiger partial charge is 0.458 e. The average molecular weight is 414 g/mol. The van der Waals surface area contributed by atoms with Gasteiger partial charge in [0.25, 0.3) is 0 Å². The van der Waals surface area contributed by atoms with Crippen LogP contribution < -0.4 is 5.32 Å². The molecule has 0 radical (unpaired) electrons. The number of sulfone groups is 1. The van der Waals surface area contributed by atoms with Crippen LogP contribution in [0.15, 0.2) is 35.2 Å². The molecular weight excluding hydrogens is 382 g/mol. The van der Waals surface area contributed by atoms with Crippen LogP contribution in [0, 0.1) is 0 Å². The Hall–Kier alpha value is -2.09. The molecule has 7 nitrogen and oxygen atoms in total. The lowest BCUT2D eigenvalue weighted by Gasteiger charge is -2.26. The Morgan fingerprint density at radius 3 is 2.00 bits per heavy atom. The van der Waals surface area contributed by atoms with Crippen molar-refractivity contribution in [3.63, 3.8) is 0 Å². The molecule has 0 bridgehead atoms. The topological polar surface area (TPSA) is 98.8 Å². The lowest BCUT2D eigenvalue weighted by atomic mass is 10.1. The molecule has 158 valence electrons. The summed E-state index contributed by atoms with van der Waals surface area (Å²) in [5.74, 6) is -0.776. The molecule has 1 amide bonds. The van der Waals surface area contributed by atoms with Gasteiger partial charge in [-0.1, -0.05) is 18.2 Å². The van der Waals surface area contributed by atoms with Gasteiger partial charge >= 0.3 is 12.1 Å². The molecule has 0 aliphatic rings. The van der Waals surface area contributed by atoms with Crippen molar-refractivity contribution in [2.45, 2.75) is 76.5 Å². The maximum absolute atomic E-state index is 12.4. The molecule has 0 saturated heterocycles. The number of carbonyl (C=O) groups excluding carboxylic acids is 2. The van der Waals surface area contributed by atoms with Crippen molar-refractivity contribution in [2.75, 3.05) is 5.75 Å². The standard InChI is InChI=1S/C20H31NO6S/c1-19(2,3)26-17(22)16(21-18(23)27-20(4,5)6)13-10-14-28(24,25)15-11-8-7-9-12-15/h7-9,11-12,16H,10,13-14H2,1-6H3,(H,21,23)/t16-/m0/s1. The highest BCUT2D eigenvalue weighted by Crippen LogP contribution is 2.15. The number of nitrogens with one attached hydrogen (secondary N) is 1. The zero-order valence-electron chi connectivity index (χ0n) is 17.4. The first-order chi connectivity index (χ1) is 12.7. The first-order valence-electron chi connectivity index (χ1n) is 9.20. The van der Waals surface area contributed by atoms with E-state index in [1.807, 2.05) is 0 Å². The Labute approximate surface area is 167 Å². The van der Waals surface area contributed by atoms with Crippen LogP contribution in [0.5, 0.6) is 0 Å². The SMILES string of the molecule is CC(C)(C)OC(=O)N[C@@H](CCCS(=O)(=O)c1ccccc1)C(=O)OC(C)(C)C. The Morgan fingerprint density at radius 1 is 0.964 bits per heavy atom. The van der Waals surface area contributed by atoms with E-state index in [0.717, 1.165) is 0 Å². The lowest BCUT2D eigenvalue weighted by Crippen LogP contribution is -2.46. The van der Waals surface area contributed by atoms with Crippen LogP contribution in [-0.2, 0) is 24.1 Å². The molecule has 0 fully saturated rings. The zero-order chi connectivity index (χ0) is 21.6. The predicted molar refractivity (Wildman–Crippen MR) is 107 cm³/mol. The van der Waals surface area contributed by atoms with Crippen molar-refractivity contribution in [2.24, 2.45) is 0 Å². The van der Waals surface area contributed by atoms with Gasteiger partial charge in [0.2, 0.25) is 0 Å². The molecule has 0 spiro atoms. The molecule has 28 heavy (non-hydrogen) atoms.